The molecule has 7 heteroatoms. The van der Waals surface area contributed by atoms with Gasteiger partial charge in [0.15, 0.2) is 0 Å². The van der Waals surface area contributed by atoms with E-state index in [1.807, 2.05) is 26.8 Å². The number of carbonyl (C=O) groups excluding carboxylic acids is 1. The predicted molar refractivity (Wildman–Crippen MR) is 86.6 cm³/mol. The molecule has 0 fully saturated rings. The van der Waals surface area contributed by atoms with Gasteiger partial charge in [-0.15, -0.1) is 24.8 Å². The summed E-state index contributed by atoms with van der Waals surface area (Å²) in [6, 6.07) is 1.96. The molecule has 3 N–H and O–H groups in total. The van der Waals surface area contributed by atoms with Crippen LogP contribution in [0.3, 0.4) is 0 Å². The minimum absolute atomic E-state index is 0. The Balaban J connectivity index is 0. The van der Waals surface area contributed by atoms with Crippen LogP contribution < -0.4 is 11.1 Å². The average Bonchev–Trinajstić information content (AvgIpc) is 2.56. The molecule has 1 aromatic heterocycles. The van der Waals surface area contributed by atoms with Gasteiger partial charge in [-0.2, -0.15) is 5.10 Å². The van der Waals surface area contributed by atoms with E-state index in [1.165, 1.54) is 0 Å². The van der Waals surface area contributed by atoms with Crippen molar-refractivity contribution < 1.29 is 4.79 Å². The van der Waals surface area contributed by atoms with E-state index in [2.05, 4.69) is 24.3 Å². The number of amides is 1. The molecule has 1 amide bonds. The minimum atomic E-state index is -0.368. The van der Waals surface area contributed by atoms with E-state index >= 15 is 0 Å². The Hall–Kier alpha value is -0.780. The fourth-order valence-electron chi connectivity index (χ4n) is 1.76. The molecule has 1 rings (SSSR count). The quantitative estimate of drug-likeness (QED) is 0.867. The van der Waals surface area contributed by atoms with Gasteiger partial charge in [0.2, 0.25) is 5.91 Å². The zero-order valence-corrected chi connectivity index (χ0v) is 14.4. The summed E-state index contributed by atoms with van der Waals surface area (Å²) in [4.78, 5) is 12.0. The summed E-state index contributed by atoms with van der Waals surface area (Å²) < 4.78 is 1.71. The predicted octanol–water partition coefficient (Wildman–Crippen LogP) is 1.83. The lowest BCUT2D eigenvalue weighted by atomic mass is 9.88. The number of nitrogens with two attached hydrogens (primary N) is 1. The van der Waals surface area contributed by atoms with Crippen molar-refractivity contribution >= 4 is 30.7 Å². The average molecular weight is 325 g/mol. The van der Waals surface area contributed by atoms with Gasteiger partial charge in [0.05, 0.1) is 11.2 Å². The third-order valence-corrected chi connectivity index (χ3v) is 3.52. The minimum Gasteiger partial charge on any atom is -0.348 e. The van der Waals surface area contributed by atoms with Gasteiger partial charge in [-0.25, -0.2) is 0 Å². The van der Waals surface area contributed by atoms with Crippen molar-refractivity contribution in [3.8, 4) is 0 Å². The van der Waals surface area contributed by atoms with Crippen molar-refractivity contribution in [2.45, 2.75) is 46.7 Å². The van der Waals surface area contributed by atoms with Crippen LogP contribution in [0.5, 0.6) is 0 Å². The van der Waals surface area contributed by atoms with Gasteiger partial charge in [0, 0.05) is 12.2 Å². The first-order valence-electron chi connectivity index (χ1n) is 6.30. The fraction of sp³-hybridized carbons (Fsp3) is 0.692. The molecule has 0 aliphatic carbocycles. The second-order valence-electron chi connectivity index (χ2n) is 5.41. The molecule has 0 spiro atoms. The number of aryl methyl sites for hydroxylation is 2. The number of hydrogen-bond donors (Lipinski definition) is 2. The van der Waals surface area contributed by atoms with Gasteiger partial charge in [-0.3, -0.25) is 9.48 Å². The van der Waals surface area contributed by atoms with Crippen molar-refractivity contribution in [3.63, 3.8) is 0 Å². The topological polar surface area (TPSA) is 72.9 Å². The Morgan fingerprint density at radius 3 is 2.35 bits per heavy atom. The van der Waals surface area contributed by atoms with Gasteiger partial charge in [0.25, 0.3) is 0 Å². The van der Waals surface area contributed by atoms with Crippen LogP contribution in [0.4, 0.5) is 0 Å². The molecule has 1 atom stereocenters. The van der Waals surface area contributed by atoms with E-state index < -0.39 is 0 Å². The smallest absolute Gasteiger partial charge is 0.242 e. The Bertz CT molecular complexity index is 434. The highest BCUT2D eigenvalue weighted by atomic mass is 35.5. The van der Waals surface area contributed by atoms with Gasteiger partial charge >= 0.3 is 0 Å². The summed E-state index contributed by atoms with van der Waals surface area (Å²) >= 11 is 0. The molecule has 0 radical (unpaired) electrons. The molecule has 0 aliphatic heterocycles. The molecule has 0 aromatic carbocycles. The van der Waals surface area contributed by atoms with Crippen molar-refractivity contribution in [2.75, 3.05) is 6.54 Å². The van der Waals surface area contributed by atoms with Crippen LogP contribution in [0.25, 0.3) is 0 Å². The van der Waals surface area contributed by atoms with Crippen molar-refractivity contribution in [2.24, 2.45) is 11.7 Å². The lowest BCUT2D eigenvalue weighted by Gasteiger charge is -2.33. The summed E-state index contributed by atoms with van der Waals surface area (Å²) in [7, 11) is 0. The van der Waals surface area contributed by atoms with Gasteiger partial charge in [-0.05, 0) is 32.8 Å². The molecule has 1 aromatic rings. The first-order chi connectivity index (χ1) is 8.28. The highest BCUT2D eigenvalue weighted by molar-refractivity contribution is 5.85. The van der Waals surface area contributed by atoms with Crippen molar-refractivity contribution in [1.29, 1.82) is 0 Å². The SMILES string of the molecule is Cc1cc(C)n(CC(=O)NC(C)(CN)C(C)C)n1.Cl.Cl. The maximum absolute atomic E-state index is 12.0. The number of aromatic nitrogens is 2. The second kappa shape index (κ2) is 8.49. The highest BCUT2D eigenvalue weighted by Crippen LogP contribution is 2.14. The van der Waals surface area contributed by atoms with Gasteiger partial charge < -0.3 is 11.1 Å². The Kier molecular flexibility index (Phi) is 9.14. The van der Waals surface area contributed by atoms with Crippen molar-refractivity contribution in [1.82, 2.24) is 15.1 Å². The maximum Gasteiger partial charge on any atom is 0.242 e. The fourth-order valence-corrected chi connectivity index (χ4v) is 1.76. The lowest BCUT2D eigenvalue weighted by molar-refractivity contribution is -0.124. The molecule has 1 heterocycles. The van der Waals surface area contributed by atoms with Crippen LogP contribution in [0.2, 0.25) is 0 Å². The van der Waals surface area contributed by atoms with Crippen LogP contribution in [0.15, 0.2) is 6.07 Å². The zero-order chi connectivity index (χ0) is 13.9. The van der Waals surface area contributed by atoms with Crippen LogP contribution in [-0.4, -0.2) is 27.8 Å². The number of halogens is 2. The Labute approximate surface area is 133 Å². The summed E-state index contributed by atoms with van der Waals surface area (Å²) in [5.41, 5.74) is 7.29. The van der Waals surface area contributed by atoms with Crippen LogP contribution in [0, 0.1) is 19.8 Å². The molecule has 20 heavy (non-hydrogen) atoms. The molecular weight excluding hydrogens is 299 g/mol. The molecular formula is C13H26Cl2N4O. The molecule has 5 nitrogen and oxygen atoms in total. The normalized spacial score (nSPS) is 13.2. The summed E-state index contributed by atoms with van der Waals surface area (Å²) in [6.07, 6.45) is 0. The standard InChI is InChI=1S/C13H24N4O.2ClH/c1-9(2)13(5,8-14)15-12(18)7-17-11(4)6-10(3)16-17;;/h6,9H,7-8,14H2,1-5H3,(H,15,18);2*1H. The van der Waals surface area contributed by atoms with Crippen LogP contribution in [0.1, 0.15) is 32.2 Å². The van der Waals surface area contributed by atoms with Crippen molar-refractivity contribution in [3.05, 3.63) is 17.5 Å². The number of rotatable bonds is 5. The van der Waals surface area contributed by atoms with Crippen LogP contribution >= 0.6 is 24.8 Å². The first kappa shape index (κ1) is 21.5. The lowest BCUT2D eigenvalue weighted by Crippen LogP contribution is -2.55. The Morgan fingerprint density at radius 1 is 1.45 bits per heavy atom. The first-order valence-corrected chi connectivity index (χ1v) is 6.30. The molecule has 0 bridgehead atoms. The molecule has 0 saturated heterocycles. The molecule has 1 unspecified atom stereocenters. The third kappa shape index (κ3) is 5.31. The molecule has 0 aliphatic rings. The number of nitrogens with zero attached hydrogens (tertiary/aromatic N) is 2. The zero-order valence-electron chi connectivity index (χ0n) is 12.8. The van der Waals surface area contributed by atoms with E-state index in [0.29, 0.717) is 6.54 Å². The number of hydrogen-bond acceptors (Lipinski definition) is 3. The third-order valence-electron chi connectivity index (χ3n) is 3.52. The molecule has 118 valence electrons. The second-order valence-corrected chi connectivity index (χ2v) is 5.41. The van der Waals surface area contributed by atoms with Crippen LogP contribution in [-0.2, 0) is 11.3 Å². The largest absolute Gasteiger partial charge is 0.348 e. The summed E-state index contributed by atoms with van der Waals surface area (Å²) in [5, 5.41) is 7.28. The molecule has 0 saturated carbocycles. The van der Waals surface area contributed by atoms with E-state index in [9.17, 15) is 4.79 Å². The van der Waals surface area contributed by atoms with Gasteiger partial charge in [0.1, 0.15) is 6.54 Å². The van der Waals surface area contributed by atoms with E-state index in [-0.39, 0.29) is 48.7 Å². The van der Waals surface area contributed by atoms with E-state index in [1.54, 1.807) is 4.68 Å². The number of carbonyl (C=O) groups is 1. The van der Waals surface area contributed by atoms with E-state index in [4.69, 9.17) is 5.73 Å². The van der Waals surface area contributed by atoms with Gasteiger partial charge in [-0.1, -0.05) is 13.8 Å². The number of nitrogens with one attached hydrogen (secondary N) is 1. The summed E-state index contributed by atoms with van der Waals surface area (Å²) in [5.74, 6) is 0.231. The maximum atomic E-state index is 12.0. The van der Waals surface area contributed by atoms with E-state index in [0.717, 1.165) is 11.4 Å². The summed E-state index contributed by atoms with van der Waals surface area (Å²) in [6.45, 7) is 10.6. The highest BCUT2D eigenvalue weighted by Gasteiger charge is 2.28. The Morgan fingerprint density at radius 2 is 2.00 bits per heavy atom. The monoisotopic (exact) mass is 324 g/mol.